The van der Waals surface area contributed by atoms with Gasteiger partial charge in [0.1, 0.15) is 23.7 Å². The minimum Gasteiger partial charge on any atom is -0.497 e. The summed E-state index contributed by atoms with van der Waals surface area (Å²) >= 11 is 0. The lowest BCUT2D eigenvalue weighted by molar-refractivity contribution is 0.0397. The molecule has 1 fully saturated rings. The summed E-state index contributed by atoms with van der Waals surface area (Å²) < 4.78 is 11.4. The summed E-state index contributed by atoms with van der Waals surface area (Å²) in [6.45, 7) is 2.16. The average molecular weight is 361 g/mol. The largest absolute Gasteiger partial charge is 0.497 e. The van der Waals surface area contributed by atoms with E-state index in [0.29, 0.717) is 12.3 Å². The molecule has 2 aromatic carbocycles. The normalized spacial score (nSPS) is 17.5. The monoisotopic (exact) mass is 361 g/mol. The fraction of sp³-hybridized carbons (Fsp3) is 0.250. The van der Waals surface area contributed by atoms with Gasteiger partial charge in [-0.3, -0.25) is 0 Å². The number of aromatic nitrogens is 4. The number of nitrogens with zero attached hydrogens (tertiary/aromatic N) is 4. The van der Waals surface area contributed by atoms with Crippen LogP contribution >= 0.6 is 0 Å². The molecular formula is C20H19N5O2. The molecule has 27 heavy (non-hydrogen) atoms. The Kier molecular flexibility index (Phi) is 3.86. The Bertz CT molecular complexity index is 1110. The fourth-order valence-corrected chi connectivity index (χ4v) is 3.60. The Balaban J connectivity index is 1.45. The van der Waals surface area contributed by atoms with Crippen LogP contribution in [-0.2, 0) is 4.74 Å². The Morgan fingerprint density at radius 2 is 2.00 bits per heavy atom. The van der Waals surface area contributed by atoms with E-state index in [1.165, 1.54) is 5.39 Å². The van der Waals surface area contributed by atoms with Crippen LogP contribution in [0.1, 0.15) is 11.7 Å². The molecule has 1 unspecified atom stereocenters. The van der Waals surface area contributed by atoms with Gasteiger partial charge in [-0.05, 0) is 34.5 Å². The summed E-state index contributed by atoms with van der Waals surface area (Å²) in [5, 5.41) is 2.33. The van der Waals surface area contributed by atoms with Crippen molar-refractivity contribution < 1.29 is 9.47 Å². The van der Waals surface area contributed by atoms with E-state index in [-0.39, 0.29) is 6.10 Å². The third-order valence-corrected chi connectivity index (χ3v) is 5.01. The summed E-state index contributed by atoms with van der Waals surface area (Å²) in [6.07, 6.45) is 3.20. The fourth-order valence-electron chi connectivity index (χ4n) is 3.60. The van der Waals surface area contributed by atoms with Gasteiger partial charge in [0.15, 0.2) is 11.5 Å². The van der Waals surface area contributed by atoms with Gasteiger partial charge in [-0.25, -0.2) is 15.0 Å². The van der Waals surface area contributed by atoms with Gasteiger partial charge in [0.25, 0.3) is 0 Å². The molecule has 7 heteroatoms. The smallest absolute Gasteiger partial charge is 0.182 e. The topological polar surface area (TPSA) is 76.2 Å². The number of imidazole rings is 1. The number of anilines is 1. The van der Waals surface area contributed by atoms with E-state index in [4.69, 9.17) is 9.47 Å². The molecule has 1 aliphatic rings. The van der Waals surface area contributed by atoms with Gasteiger partial charge in [-0.15, -0.1) is 0 Å². The van der Waals surface area contributed by atoms with Crippen molar-refractivity contribution in [1.29, 1.82) is 0 Å². The maximum Gasteiger partial charge on any atom is 0.182 e. The predicted octanol–water partition coefficient (Wildman–Crippen LogP) is 3.09. The van der Waals surface area contributed by atoms with Crippen molar-refractivity contribution in [3.63, 3.8) is 0 Å². The van der Waals surface area contributed by atoms with Gasteiger partial charge in [0.05, 0.1) is 20.0 Å². The number of H-pyrrole nitrogens is 1. The maximum atomic E-state index is 6.07. The number of aromatic amines is 1. The summed E-state index contributed by atoms with van der Waals surface area (Å²) in [5.74, 6) is 1.74. The number of rotatable bonds is 3. The maximum absolute atomic E-state index is 6.07. The predicted molar refractivity (Wildman–Crippen MR) is 103 cm³/mol. The minimum atomic E-state index is -0.0156. The molecule has 7 nitrogen and oxygen atoms in total. The number of benzene rings is 2. The Morgan fingerprint density at radius 3 is 2.93 bits per heavy atom. The molecule has 0 spiro atoms. The lowest BCUT2D eigenvalue weighted by Crippen LogP contribution is -2.39. The molecule has 1 N–H and O–H groups in total. The van der Waals surface area contributed by atoms with E-state index in [0.717, 1.165) is 41.1 Å². The van der Waals surface area contributed by atoms with E-state index >= 15 is 0 Å². The number of hydrogen-bond donors (Lipinski definition) is 1. The van der Waals surface area contributed by atoms with Crippen molar-refractivity contribution in [3.05, 3.63) is 54.6 Å². The standard InChI is InChI=1S/C20H19N5O2/c1-26-16-5-4-13-8-15(3-2-14(13)9-16)17-10-25(6-7-27-17)20-18-19(22-11-21-18)23-12-24-20/h2-5,8-9,11-12,17H,6-7,10H2,1H3,(H,21,22,23,24). The molecule has 4 aromatic rings. The van der Waals surface area contributed by atoms with Gasteiger partial charge in [-0.2, -0.15) is 0 Å². The van der Waals surface area contributed by atoms with Crippen molar-refractivity contribution in [2.45, 2.75) is 6.10 Å². The molecule has 1 atom stereocenters. The second kappa shape index (κ2) is 6.51. The van der Waals surface area contributed by atoms with Crippen LogP contribution in [0.15, 0.2) is 49.1 Å². The molecule has 0 bridgehead atoms. The third-order valence-electron chi connectivity index (χ3n) is 5.01. The first-order valence-electron chi connectivity index (χ1n) is 8.90. The number of fused-ring (bicyclic) bond motifs is 2. The molecule has 5 rings (SSSR count). The summed E-state index contributed by atoms with van der Waals surface area (Å²) in [4.78, 5) is 18.3. The Hall–Kier alpha value is -3.19. The van der Waals surface area contributed by atoms with Crippen LogP contribution in [0.3, 0.4) is 0 Å². The van der Waals surface area contributed by atoms with E-state index < -0.39 is 0 Å². The van der Waals surface area contributed by atoms with Crippen molar-refractivity contribution in [2.75, 3.05) is 31.7 Å². The van der Waals surface area contributed by atoms with E-state index in [9.17, 15) is 0 Å². The van der Waals surface area contributed by atoms with E-state index in [1.807, 2.05) is 12.1 Å². The SMILES string of the molecule is COc1ccc2cc(C3CN(c4ncnc5nc[nH]c45)CCO3)ccc2c1. The molecule has 136 valence electrons. The van der Waals surface area contributed by atoms with Gasteiger partial charge in [0.2, 0.25) is 0 Å². The van der Waals surface area contributed by atoms with E-state index in [2.05, 4.69) is 49.1 Å². The first-order valence-corrected chi connectivity index (χ1v) is 8.90. The average Bonchev–Trinajstić information content (AvgIpc) is 3.22. The molecule has 0 saturated carbocycles. The highest BCUT2D eigenvalue weighted by Crippen LogP contribution is 2.30. The summed E-state index contributed by atoms with van der Waals surface area (Å²) in [5.41, 5.74) is 2.71. The van der Waals surface area contributed by atoms with Crippen LogP contribution in [0.4, 0.5) is 5.82 Å². The molecule has 0 amide bonds. The molecule has 3 heterocycles. The highest BCUT2D eigenvalue weighted by Gasteiger charge is 2.25. The second-order valence-electron chi connectivity index (χ2n) is 6.58. The zero-order chi connectivity index (χ0) is 18.2. The van der Waals surface area contributed by atoms with Crippen molar-refractivity contribution in [1.82, 2.24) is 19.9 Å². The first-order chi connectivity index (χ1) is 13.3. The third kappa shape index (κ3) is 2.86. The first kappa shape index (κ1) is 16.0. The Morgan fingerprint density at radius 1 is 1.11 bits per heavy atom. The highest BCUT2D eigenvalue weighted by molar-refractivity contribution is 5.85. The number of morpholine rings is 1. The van der Waals surface area contributed by atoms with Crippen LogP contribution in [0, 0.1) is 0 Å². The Labute approximate surface area is 156 Å². The van der Waals surface area contributed by atoms with E-state index in [1.54, 1.807) is 19.8 Å². The summed E-state index contributed by atoms with van der Waals surface area (Å²) in [7, 11) is 1.68. The zero-order valence-corrected chi connectivity index (χ0v) is 14.9. The second-order valence-corrected chi connectivity index (χ2v) is 6.58. The molecular weight excluding hydrogens is 342 g/mol. The van der Waals surface area contributed by atoms with Gasteiger partial charge in [-0.1, -0.05) is 18.2 Å². The zero-order valence-electron chi connectivity index (χ0n) is 14.9. The van der Waals surface area contributed by atoms with Crippen LogP contribution in [-0.4, -0.2) is 46.7 Å². The lowest BCUT2D eigenvalue weighted by Gasteiger charge is -2.34. The van der Waals surface area contributed by atoms with Crippen molar-refractivity contribution in [3.8, 4) is 5.75 Å². The molecule has 1 saturated heterocycles. The summed E-state index contributed by atoms with van der Waals surface area (Å²) in [6, 6.07) is 12.5. The number of hydrogen-bond acceptors (Lipinski definition) is 6. The quantitative estimate of drug-likeness (QED) is 0.604. The van der Waals surface area contributed by atoms with Crippen LogP contribution in [0.2, 0.25) is 0 Å². The van der Waals surface area contributed by atoms with Crippen molar-refractivity contribution >= 4 is 27.8 Å². The number of ether oxygens (including phenoxy) is 2. The number of nitrogens with one attached hydrogen (secondary N) is 1. The van der Waals surface area contributed by atoms with Gasteiger partial charge < -0.3 is 19.4 Å². The lowest BCUT2D eigenvalue weighted by atomic mass is 10.0. The van der Waals surface area contributed by atoms with Crippen molar-refractivity contribution in [2.24, 2.45) is 0 Å². The van der Waals surface area contributed by atoms with Crippen LogP contribution < -0.4 is 9.64 Å². The molecule has 0 aliphatic carbocycles. The van der Waals surface area contributed by atoms with Gasteiger partial charge in [0, 0.05) is 13.1 Å². The highest BCUT2D eigenvalue weighted by atomic mass is 16.5. The minimum absolute atomic E-state index is 0.0156. The van der Waals surface area contributed by atoms with Gasteiger partial charge >= 0.3 is 0 Å². The molecule has 0 radical (unpaired) electrons. The molecule has 2 aromatic heterocycles. The number of methoxy groups -OCH3 is 1. The van der Waals surface area contributed by atoms with Crippen LogP contribution in [0.5, 0.6) is 5.75 Å². The van der Waals surface area contributed by atoms with Crippen LogP contribution in [0.25, 0.3) is 21.9 Å². The molecule has 1 aliphatic heterocycles.